The first-order valence-corrected chi connectivity index (χ1v) is 8.76. The summed E-state index contributed by atoms with van der Waals surface area (Å²) in [5, 5.41) is 0. The molecule has 1 amide bonds. The molecule has 0 saturated carbocycles. The molecule has 2 rings (SSSR count). The lowest BCUT2D eigenvalue weighted by atomic mass is 10.1. The van der Waals surface area contributed by atoms with Gasteiger partial charge in [-0.1, -0.05) is 35.0 Å². The lowest BCUT2D eigenvalue weighted by molar-refractivity contribution is -0.129. The van der Waals surface area contributed by atoms with E-state index in [-0.39, 0.29) is 10.7 Å². The van der Waals surface area contributed by atoms with Crippen molar-refractivity contribution in [2.45, 2.75) is 44.0 Å². The molecular formula is C17H25BrN2O. The minimum absolute atomic E-state index is 0.0740. The minimum Gasteiger partial charge on any atom is -0.372 e. The van der Waals surface area contributed by atoms with Gasteiger partial charge in [-0.3, -0.25) is 4.79 Å². The van der Waals surface area contributed by atoms with Crippen molar-refractivity contribution in [3.8, 4) is 0 Å². The Hall–Kier alpha value is -1.03. The van der Waals surface area contributed by atoms with Crippen LogP contribution in [0.1, 0.15) is 38.2 Å². The van der Waals surface area contributed by atoms with Gasteiger partial charge in [-0.05, 0) is 43.4 Å². The molecule has 3 nitrogen and oxygen atoms in total. The minimum atomic E-state index is -0.0740. The van der Waals surface area contributed by atoms with E-state index in [0.29, 0.717) is 6.54 Å². The largest absolute Gasteiger partial charge is 0.372 e. The van der Waals surface area contributed by atoms with Gasteiger partial charge in [-0.15, -0.1) is 0 Å². The van der Waals surface area contributed by atoms with E-state index in [9.17, 15) is 4.79 Å². The zero-order valence-electron chi connectivity index (χ0n) is 13.0. The standard InChI is InChI=1S/C17H25BrN2O/c1-3-16(18)17(21)19(2)13-14-7-9-15(10-8-14)20-11-5-4-6-12-20/h7-10,16H,3-6,11-13H2,1-2H3. The maximum Gasteiger partial charge on any atom is 0.236 e. The van der Waals surface area contributed by atoms with Crippen LogP contribution in [0.4, 0.5) is 5.69 Å². The number of alkyl halides is 1. The molecule has 0 bridgehead atoms. The van der Waals surface area contributed by atoms with E-state index in [2.05, 4.69) is 45.1 Å². The average Bonchev–Trinajstić information content (AvgIpc) is 2.54. The van der Waals surface area contributed by atoms with Crippen molar-refractivity contribution in [3.05, 3.63) is 29.8 Å². The van der Waals surface area contributed by atoms with E-state index in [1.807, 2.05) is 14.0 Å². The Balaban J connectivity index is 1.94. The van der Waals surface area contributed by atoms with Crippen molar-refractivity contribution >= 4 is 27.5 Å². The van der Waals surface area contributed by atoms with Crippen LogP contribution in [0, 0.1) is 0 Å². The monoisotopic (exact) mass is 352 g/mol. The third kappa shape index (κ3) is 4.47. The fourth-order valence-electron chi connectivity index (χ4n) is 2.73. The molecule has 1 aliphatic rings. The molecule has 1 heterocycles. The van der Waals surface area contributed by atoms with Gasteiger partial charge in [-0.2, -0.15) is 0 Å². The number of halogens is 1. The molecule has 0 aliphatic carbocycles. The topological polar surface area (TPSA) is 23.6 Å². The molecule has 1 aromatic rings. The SMILES string of the molecule is CCC(Br)C(=O)N(C)Cc1ccc(N2CCCCC2)cc1. The fraction of sp³-hybridized carbons (Fsp3) is 0.588. The first-order valence-electron chi connectivity index (χ1n) is 7.84. The summed E-state index contributed by atoms with van der Waals surface area (Å²) in [7, 11) is 1.87. The summed E-state index contributed by atoms with van der Waals surface area (Å²) >= 11 is 3.42. The van der Waals surface area contributed by atoms with Gasteiger partial charge >= 0.3 is 0 Å². The second kappa shape index (κ2) is 7.83. The van der Waals surface area contributed by atoms with Crippen LogP contribution in [0.25, 0.3) is 0 Å². The van der Waals surface area contributed by atoms with Crippen molar-refractivity contribution in [3.63, 3.8) is 0 Å². The number of amides is 1. The summed E-state index contributed by atoms with van der Waals surface area (Å²) < 4.78 is 0. The van der Waals surface area contributed by atoms with Crippen LogP contribution in [0.15, 0.2) is 24.3 Å². The van der Waals surface area contributed by atoms with Gasteiger partial charge in [0.25, 0.3) is 0 Å². The van der Waals surface area contributed by atoms with Gasteiger partial charge in [0, 0.05) is 32.4 Å². The van der Waals surface area contributed by atoms with Crippen LogP contribution in [0.3, 0.4) is 0 Å². The highest BCUT2D eigenvalue weighted by Gasteiger charge is 2.17. The van der Waals surface area contributed by atoms with Crippen molar-refractivity contribution in [2.75, 3.05) is 25.0 Å². The Bertz CT molecular complexity index is 454. The lowest BCUT2D eigenvalue weighted by Crippen LogP contribution is -2.32. The summed E-state index contributed by atoms with van der Waals surface area (Å²) in [6, 6.07) is 8.65. The van der Waals surface area contributed by atoms with Gasteiger partial charge in [0.15, 0.2) is 0 Å². The third-order valence-electron chi connectivity index (χ3n) is 4.08. The number of rotatable bonds is 5. The van der Waals surface area contributed by atoms with Crippen molar-refractivity contribution in [1.29, 1.82) is 0 Å². The fourth-order valence-corrected chi connectivity index (χ4v) is 3.08. The van der Waals surface area contributed by atoms with E-state index in [1.165, 1.54) is 43.6 Å². The van der Waals surface area contributed by atoms with E-state index < -0.39 is 0 Å². The summed E-state index contributed by atoms with van der Waals surface area (Å²) in [4.78, 5) is 16.2. The van der Waals surface area contributed by atoms with Gasteiger partial charge in [-0.25, -0.2) is 0 Å². The van der Waals surface area contributed by atoms with Crippen molar-refractivity contribution in [1.82, 2.24) is 4.90 Å². The number of carbonyl (C=O) groups excluding carboxylic acids is 1. The third-order valence-corrected chi connectivity index (χ3v) is 5.12. The molecule has 4 heteroatoms. The molecule has 116 valence electrons. The Morgan fingerprint density at radius 3 is 2.43 bits per heavy atom. The van der Waals surface area contributed by atoms with Gasteiger partial charge in [0.2, 0.25) is 5.91 Å². The van der Waals surface area contributed by atoms with Crippen LogP contribution < -0.4 is 4.90 Å². The number of hydrogen-bond acceptors (Lipinski definition) is 2. The van der Waals surface area contributed by atoms with E-state index in [4.69, 9.17) is 0 Å². The second-order valence-corrected chi connectivity index (χ2v) is 6.89. The number of carbonyl (C=O) groups is 1. The van der Waals surface area contributed by atoms with E-state index in [1.54, 1.807) is 4.90 Å². The van der Waals surface area contributed by atoms with Gasteiger partial charge < -0.3 is 9.80 Å². The number of benzene rings is 1. The zero-order chi connectivity index (χ0) is 15.2. The smallest absolute Gasteiger partial charge is 0.236 e. The molecule has 1 fully saturated rings. The molecule has 1 unspecified atom stereocenters. The lowest BCUT2D eigenvalue weighted by Gasteiger charge is -2.29. The Morgan fingerprint density at radius 1 is 1.24 bits per heavy atom. The van der Waals surface area contributed by atoms with Crippen molar-refractivity contribution < 1.29 is 4.79 Å². The highest BCUT2D eigenvalue weighted by atomic mass is 79.9. The zero-order valence-corrected chi connectivity index (χ0v) is 14.6. The number of anilines is 1. The molecule has 1 aliphatic heterocycles. The summed E-state index contributed by atoms with van der Waals surface area (Å²) in [5.74, 6) is 0.151. The highest BCUT2D eigenvalue weighted by Crippen LogP contribution is 2.21. The van der Waals surface area contributed by atoms with E-state index >= 15 is 0 Å². The first kappa shape index (κ1) is 16.3. The molecule has 0 spiro atoms. The molecule has 1 aromatic carbocycles. The van der Waals surface area contributed by atoms with Crippen LogP contribution in [-0.2, 0) is 11.3 Å². The molecular weight excluding hydrogens is 328 g/mol. The maximum atomic E-state index is 12.1. The Kier molecular flexibility index (Phi) is 6.09. The average molecular weight is 353 g/mol. The predicted molar refractivity (Wildman–Crippen MR) is 92.0 cm³/mol. The van der Waals surface area contributed by atoms with Crippen LogP contribution in [-0.4, -0.2) is 35.8 Å². The number of piperidine rings is 1. The van der Waals surface area contributed by atoms with E-state index in [0.717, 1.165) is 6.42 Å². The number of hydrogen-bond donors (Lipinski definition) is 0. The molecule has 0 N–H and O–H groups in total. The second-order valence-electron chi connectivity index (χ2n) is 5.78. The summed E-state index contributed by atoms with van der Waals surface area (Å²) in [5.41, 5.74) is 2.49. The summed E-state index contributed by atoms with van der Waals surface area (Å²) in [6.45, 7) is 5.01. The Morgan fingerprint density at radius 2 is 1.86 bits per heavy atom. The quantitative estimate of drug-likeness (QED) is 0.752. The number of nitrogens with zero attached hydrogens (tertiary/aromatic N) is 2. The van der Waals surface area contributed by atoms with Gasteiger partial charge in [0.05, 0.1) is 4.83 Å². The molecule has 1 atom stereocenters. The highest BCUT2D eigenvalue weighted by molar-refractivity contribution is 9.10. The first-order chi connectivity index (χ1) is 10.1. The summed E-state index contributed by atoms with van der Waals surface area (Å²) in [6.07, 6.45) is 4.76. The molecule has 21 heavy (non-hydrogen) atoms. The molecule has 0 aromatic heterocycles. The molecule has 1 saturated heterocycles. The van der Waals surface area contributed by atoms with Crippen LogP contribution in [0.2, 0.25) is 0 Å². The van der Waals surface area contributed by atoms with Gasteiger partial charge in [0.1, 0.15) is 0 Å². The Labute approximate surface area is 136 Å². The predicted octanol–water partition coefficient (Wildman–Crippen LogP) is 3.81. The van der Waals surface area contributed by atoms with Crippen LogP contribution in [0.5, 0.6) is 0 Å². The van der Waals surface area contributed by atoms with Crippen LogP contribution >= 0.6 is 15.9 Å². The maximum absolute atomic E-state index is 12.1. The van der Waals surface area contributed by atoms with Crippen molar-refractivity contribution in [2.24, 2.45) is 0 Å². The molecule has 0 radical (unpaired) electrons. The normalized spacial score (nSPS) is 16.6.